The van der Waals surface area contributed by atoms with Crippen molar-refractivity contribution in [2.45, 2.75) is 26.3 Å². The summed E-state index contributed by atoms with van der Waals surface area (Å²) in [5, 5.41) is 3.53. The Morgan fingerprint density at radius 3 is 2.46 bits per heavy atom. The maximum Gasteiger partial charge on any atom is 0.251 e. The van der Waals surface area contributed by atoms with E-state index in [1.807, 2.05) is 13.8 Å². The van der Waals surface area contributed by atoms with Gasteiger partial charge in [-0.15, -0.1) is 0 Å². The highest BCUT2D eigenvalue weighted by atomic mass is 35.5. The largest absolute Gasteiger partial charge is 0.378 e. The second-order valence-electron chi connectivity index (χ2n) is 6.22. The van der Waals surface area contributed by atoms with Crippen molar-refractivity contribution < 1.29 is 14.3 Å². The first-order valence-corrected chi connectivity index (χ1v) is 8.76. The number of morpholine rings is 1. The van der Waals surface area contributed by atoms with Gasteiger partial charge in [0.15, 0.2) is 0 Å². The SMILES string of the molecule is CC(C)C[C@H](NC(=O)c1ccc(Cl)c(Cl)c1)C(=O)N1CCOCC1. The average Bonchev–Trinajstić information content (AvgIpc) is 2.56. The van der Waals surface area contributed by atoms with Gasteiger partial charge in [-0.1, -0.05) is 37.0 Å². The first-order chi connectivity index (χ1) is 11.4. The van der Waals surface area contributed by atoms with E-state index in [-0.39, 0.29) is 17.7 Å². The van der Waals surface area contributed by atoms with Gasteiger partial charge in [0, 0.05) is 18.7 Å². The van der Waals surface area contributed by atoms with E-state index in [0.717, 1.165) is 0 Å². The summed E-state index contributed by atoms with van der Waals surface area (Å²) >= 11 is 11.8. The van der Waals surface area contributed by atoms with Crippen molar-refractivity contribution in [3.63, 3.8) is 0 Å². The first-order valence-electron chi connectivity index (χ1n) is 8.01. The highest BCUT2D eigenvalue weighted by Crippen LogP contribution is 2.22. The zero-order valence-corrected chi connectivity index (χ0v) is 15.4. The number of rotatable bonds is 5. The van der Waals surface area contributed by atoms with Crippen LogP contribution in [0.15, 0.2) is 18.2 Å². The second-order valence-corrected chi connectivity index (χ2v) is 7.04. The number of hydrogen-bond donors (Lipinski definition) is 1. The molecule has 132 valence electrons. The number of benzene rings is 1. The summed E-state index contributed by atoms with van der Waals surface area (Å²) in [6.07, 6.45) is 0.573. The van der Waals surface area contributed by atoms with Crippen molar-refractivity contribution in [3.05, 3.63) is 33.8 Å². The van der Waals surface area contributed by atoms with Gasteiger partial charge in [0.25, 0.3) is 5.91 Å². The number of halogens is 2. The molecule has 0 bridgehead atoms. The lowest BCUT2D eigenvalue weighted by atomic mass is 10.0. The van der Waals surface area contributed by atoms with Crippen molar-refractivity contribution in [2.24, 2.45) is 5.92 Å². The van der Waals surface area contributed by atoms with Gasteiger partial charge in [-0.3, -0.25) is 9.59 Å². The number of carbonyl (C=O) groups is 2. The fourth-order valence-electron chi connectivity index (χ4n) is 2.58. The molecular weight excluding hydrogens is 351 g/mol. The molecule has 7 heteroatoms. The molecule has 0 aliphatic carbocycles. The maximum atomic E-state index is 12.7. The van der Waals surface area contributed by atoms with Gasteiger partial charge in [0.1, 0.15) is 6.04 Å². The normalized spacial score (nSPS) is 16.1. The minimum absolute atomic E-state index is 0.0691. The molecule has 1 aliphatic heterocycles. The lowest BCUT2D eigenvalue weighted by Crippen LogP contribution is -2.52. The third-order valence-corrected chi connectivity index (χ3v) is 4.55. The molecule has 5 nitrogen and oxygen atoms in total. The van der Waals surface area contributed by atoms with Crippen LogP contribution in [-0.4, -0.2) is 49.1 Å². The van der Waals surface area contributed by atoms with Gasteiger partial charge in [0.2, 0.25) is 5.91 Å². The summed E-state index contributed by atoms with van der Waals surface area (Å²) < 4.78 is 5.28. The van der Waals surface area contributed by atoms with Gasteiger partial charge in [-0.05, 0) is 30.5 Å². The molecule has 2 amide bonds. The molecule has 1 heterocycles. The lowest BCUT2D eigenvalue weighted by molar-refractivity contribution is -0.137. The Hall–Kier alpha value is -1.30. The third-order valence-electron chi connectivity index (χ3n) is 3.82. The van der Waals surface area contributed by atoms with Gasteiger partial charge in [-0.25, -0.2) is 0 Å². The highest BCUT2D eigenvalue weighted by Gasteiger charge is 2.28. The Bertz CT molecular complexity index is 601. The molecule has 24 heavy (non-hydrogen) atoms. The van der Waals surface area contributed by atoms with E-state index in [4.69, 9.17) is 27.9 Å². The zero-order chi connectivity index (χ0) is 17.7. The van der Waals surface area contributed by atoms with Crippen LogP contribution in [0, 0.1) is 5.92 Å². The van der Waals surface area contributed by atoms with Crippen LogP contribution in [0.1, 0.15) is 30.6 Å². The fourth-order valence-corrected chi connectivity index (χ4v) is 2.87. The minimum Gasteiger partial charge on any atom is -0.378 e. The van der Waals surface area contributed by atoms with Crippen molar-refractivity contribution in [1.29, 1.82) is 0 Å². The van der Waals surface area contributed by atoms with Crippen LogP contribution in [0.25, 0.3) is 0 Å². The first kappa shape index (κ1) is 19.0. The Labute approximate surface area is 152 Å². The summed E-state index contributed by atoms with van der Waals surface area (Å²) in [6.45, 7) is 6.20. The number of amides is 2. The highest BCUT2D eigenvalue weighted by molar-refractivity contribution is 6.42. The second kappa shape index (κ2) is 8.70. The monoisotopic (exact) mass is 372 g/mol. The Kier molecular flexibility index (Phi) is 6.90. The Morgan fingerprint density at radius 2 is 1.88 bits per heavy atom. The molecule has 0 spiro atoms. The van der Waals surface area contributed by atoms with E-state index in [1.54, 1.807) is 17.0 Å². The van der Waals surface area contributed by atoms with Crippen LogP contribution in [0.3, 0.4) is 0 Å². The summed E-state index contributed by atoms with van der Waals surface area (Å²) in [5.41, 5.74) is 0.382. The molecule has 0 radical (unpaired) electrons. The van der Waals surface area contributed by atoms with E-state index in [9.17, 15) is 9.59 Å². The number of carbonyl (C=O) groups excluding carboxylic acids is 2. The zero-order valence-electron chi connectivity index (χ0n) is 13.9. The van der Waals surface area contributed by atoms with Crippen LogP contribution < -0.4 is 5.32 Å². The van der Waals surface area contributed by atoms with Crippen molar-refractivity contribution >= 4 is 35.0 Å². The van der Waals surface area contributed by atoms with Gasteiger partial charge in [-0.2, -0.15) is 0 Å². The average molecular weight is 373 g/mol. The van der Waals surface area contributed by atoms with Crippen LogP contribution >= 0.6 is 23.2 Å². The predicted molar refractivity (Wildman–Crippen MR) is 94.6 cm³/mol. The van der Waals surface area contributed by atoms with E-state index >= 15 is 0 Å². The molecule has 1 atom stereocenters. The fraction of sp³-hybridized carbons (Fsp3) is 0.529. The standard InChI is InChI=1S/C17H22Cl2N2O3/c1-11(2)9-15(17(23)21-5-7-24-8-6-21)20-16(22)12-3-4-13(18)14(19)10-12/h3-4,10-11,15H,5-9H2,1-2H3,(H,20,22)/t15-/m0/s1. The molecular formula is C17H22Cl2N2O3. The molecule has 0 aromatic heterocycles. The number of hydrogen-bond acceptors (Lipinski definition) is 3. The molecule has 1 aromatic rings. The minimum atomic E-state index is -0.565. The van der Waals surface area contributed by atoms with E-state index in [2.05, 4.69) is 5.32 Å². The Morgan fingerprint density at radius 1 is 1.21 bits per heavy atom. The molecule has 1 saturated heterocycles. The van der Waals surface area contributed by atoms with Crippen LogP contribution in [-0.2, 0) is 9.53 Å². The van der Waals surface area contributed by atoms with Crippen LogP contribution in [0.4, 0.5) is 0 Å². The van der Waals surface area contributed by atoms with Gasteiger partial charge < -0.3 is 15.0 Å². The lowest BCUT2D eigenvalue weighted by Gasteiger charge is -2.31. The van der Waals surface area contributed by atoms with Crippen molar-refractivity contribution in [3.8, 4) is 0 Å². The number of ether oxygens (including phenoxy) is 1. The van der Waals surface area contributed by atoms with E-state index < -0.39 is 6.04 Å². The van der Waals surface area contributed by atoms with Crippen LogP contribution in [0.5, 0.6) is 0 Å². The third kappa shape index (κ3) is 5.10. The molecule has 0 unspecified atom stereocenters. The van der Waals surface area contributed by atoms with E-state index in [0.29, 0.717) is 48.3 Å². The summed E-state index contributed by atoms with van der Waals surface area (Å²) in [4.78, 5) is 27.0. The van der Waals surface area contributed by atoms with Gasteiger partial charge >= 0.3 is 0 Å². The molecule has 1 aromatic carbocycles. The summed E-state index contributed by atoms with van der Waals surface area (Å²) in [5.74, 6) is -0.129. The predicted octanol–water partition coefficient (Wildman–Crippen LogP) is 3.00. The van der Waals surface area contributed by atoms with Crippen LogP contribution in [0.2, 0.25) is 10.0 Å². The van der Waals surface area contributed by atoms with Gasteiger partial charge in [0.05, 0.1) is 23.3 Å². The smallest absolute Gasteiger partial charge is 0.251 e. The summed E-state index contributed by atoms with van der Waals surface area (Å²) in [6, 6.07) is 4.10. The Balaban J connectivity index is 2.10. The van der Waals surface area contributed by atoms with E-state index in [1.165, 1.54) is 6.07 Å². The van der Waals surface area contributed by atoms with Crippen molar-refractivity contribution in [1.82, 2.24) is 10.2 Å². The topological polar surface area (TPSA) is 58.6 Å². The molecule has 1 fully saturated rings. The quantitative estimate of drug-likeness (QED) is 0.863. The molecule has 2 rings (SSSR count). The molecule has 0 saturated carbocycles. The number of nitrogens with one attached hydrogen (secondary N) is 1. The summed E-state index contributed by atoms with van der Waals surface area (Å²) in [7, 11) is 0. The maximum absolute atomic E-state index is 12.7. The number of nitrogens with zero attached hydrogens (tertiary/aromatic N) is 1. The molecule has 1 N–H and O–H groups in total. The van der Waals surface area contributed by atoms with Crippen molar-refractivity contribution in [2.75, 3.05) is 26.3 Å². The molecule has 1 aliphatic rings.